The van der Waals surface area contributed by atoms with Crippen LogP contribution in [-0.2, 0) is 6.42 Å². The van der Waals surface area contributed by atoms with E-state index >= 15 is 0 Å². The maximum absolute atomic E-state index is 5.67. The molecule has 2 atom stereocenters. The van der Waals surface area contributed by atoms with Crippen molar-refractivity contribution in [2.75, 3.05) is 0 Å². The molecule has 0 spiro atoms. The zero-order valence-electron chi connectivity index (χ0n) is 11.6. The van der Waals surface area contributed by atoms with Crippen molar-refractivity contribution in [2.24, 2.45) is 11.8 Å². The summed E-state index contributed by atoms with van der Waals surface area (Å²) in [5, 5.41) is 0. The van der Waals surface area contributed by atoms with E-state index in [1.165, 1.54) is 29.5 Å². The van der Waals surface area contributed by atoms with E-state index in [1.54, 1.807) is 0 Å². The summed E-state index contributed by atoms with van der Waals surface area (Å²) in [6.07, 6.45) is 3.45. The lowest BCUT2D eigenvalue weighted by atomic mass is 9.91. The van der Waals surface area contributed by atoms with Gasteiger partial charge >= 0.3 is 0 Å². The number of hydrazine groups is 1. The Morgan fingerprint density at radius 2 is 1.94 bits per heavy atom. The van der Waals surface area contributed by atoms with Gasteiger partial charge in [0.15, 0.2) is 0 Å². The molecule has 0 aliphatic carbocycles. The summed E-state index contributed by atoms with van der Waals surface area (Å²) in [5.74, 6) is 6.29. The van der Waals surface area contributed by atoms with E-state index in [-0.39, 0.29) is 0 Å². The summed E-state index contributed by atoms with van der Waals surface area (Å²) >= 11 is 0. The van der Waals surface area contributed by atoms with E-state index in [0.717, 1.165) is 6.42 Å². The van der Waals surface area contributed by atoms with E-state index in [4.69, 9.17) is 5.84 Å². The van der Waals surface area contributed by atoms with Gasteiger partial charge in [0.25, 0.3) is 0 Å². The summed E-state index contributed by atoms with van der Waals surface area (Å²) < 4.78 is 0. The van der Waals surface area contributed by atoms with Gasteiger partial charge in [-0.25, -0.2) is 0 Å². The van der Waals surface area contributed by atoms with Crippen LogP contribution in [0.25, 0.3) is 0 Å². The molecule has 17 heavy (non-hydrogen) atoms. The molecule has 1 rings (SSSR count). The molecule has 0 heterocycles. The number of nitrogens with two attached hydrogens (primary N) is 1. The second kappa shape index (κ2) is 6.77. The quantitative estimate of drug-likeness (QED) is 0.586. The standard InChI is InChI=1S/C15H26N2/c1-5-6-12(3)15(17-16)10-14-8-7-11(2)13(4)9-14/h7-9,12,15,17H,5-6,10,16H2,1-4H3. The lowest BCUT2D eigenvalue weighted by Crippen LogP contribution is -2.41. The molecule has 0 radical (unpaired) electrons. The fourth-order valence-electron chi connectivity index (χ4n) is 2.27. The van der Waals surface area contributed by atoms with E-state index in [2.05, 4.69) is 51.3 Å². The summed E-state index contributed by atoms with van der Waals surface area (Å²) in [6.45, 7) is 8.81. The Kier molecular flexibility index (Phi) is 5.66. The lowest BCUT2D eigenvalue weighted by molar-refractivity contribution is 0.357. The number of nitrogens with one attached hydrogen (secondary N) is 1. The van der Waals surface area contributed by atoms with Crippen LogP contribution in [0.5, 0.6) is 0 Å². The van der Waals surface area contributed by atoms with Gasteiger partial charge in [0.2, 0.25) is 0 Å². The molecule has 0 aromatic heterocycles. The Bertz CT molecular complexity index is 347. The van der Waals surface area contributed by atoms with Crippen LogP contribution in [0, 0.1) is 19.8 Å². The minimum Gasteiger partial charge on any atom is -0.271 e. The minimum atomic E-state index is 0.372. The highest BCUT2D eigenvalue weighted by molar-refractivity contribution is 5.30. The maximum atomic E-state index is 5.67. The van der Waals surface area contributed by atoms with Gasteiger partial charge in [-0.1, -0.05) is 38.5 Å². The molecule has 0 saturated carbocycles. The molecule has 0 aliphatic rings. The highest BCUT2D eigenvalue weighted by Crippen LogP contribution is 2.17. The summed E-state index contributed by atoms with van der Waals surface area (Å²) in [7, 11) is 0. The average Bonchev–Trinajstić information content (AvgIpc) is 2.30. The molecule has 0 bridgehead atoms. The van der Waals surface area contributed by atoms with Crippen molar-refractivity contribution in [2.45, 2.75) is 53.0 Å². The zero-order valence-corrected chi connectivity index (χ0v) is 11.6. The van der Waals surface area contributed by atoms with Crippen LogP contribution in [0.1, 0.15) is 43.4 Å². The first-order chi connectivity index (χ1) is 8.08. The van der Waals surface area contributed by atoms with Gasteiger partial charge < -0.3 is 0 Å². The molecule has 0 aliphatic heterocycles. The Balaban J connectivity index is 2.70. The minimum absolute atomic E-state index is 0.372. The first-order valence-electron chi connectivity index (χ1n) is 6.60. The fourth-order valence-corrected chi connectivity index (χ4v) is 2.27. The third-order valence-electron chi connectivity index (χ3n) is 3.67. The van der Waals surface area contributed by atoms with Crippen molar-refractivity contribution < 1.29 is 0 Å². The molecule has 3 N–H and O–H groups in total. The molecule has 2 heteroatoms. The fraction of sp³-hybridized carbons (Fsp3) is 0.600. The van der Waals surface area contributed by atoms with E-state index in [0.29, 0.717) is 12.0 Å². The largest absolute Gasteiger partial charge is 0.271 e. The number of benzene rings is 1. The molecule has 0 saturated heterocycles. The normalized spacial score (nSPS) is 14.6. The molecule has 96 valence electrons. The monoisotopic (exact) mass is 234 g/mol. The maximum Gasteiger partial charge on any atom is 0.0276 e. The third-order valence-corrected chi connectivity index (χ3v) is 3.67. The Morgan fingerprint density at radius 1 is 1.24 bits per heavy atom. The van der Waals surface area contributed by atoms with Crippen molar-refractivity contribution in [1.29, 1.82) is 0 Å². The highest BCUT2D eigenvalue weighted by Gasteiger charge is 2.15. The SMILES string of the molecule is CCCC(C)C(Cc1ccc(C)c(C)c1)NN. The predicted molar refractivity (Wildman–Crippen MR) is 74.8 cm³/mol. The van der Waals surface area contributed by atoms with Crippen LogP contribution in [-0.4, -0.2) is 6.04 Å². The van der Waals surface area contributed by atoms with Gasteiger partial charge in [0.05, 0.1) is 0 Å². The molecule has 0 fully saturated rings. The molecule has 2 nitrogen and oxygen atoms in total. The summed E-state index contributed by atoms with van der Waals surface area (Å²) in [5.41, 5.74) is 7.06. The Morgan fingerprint density at radius 3 is 2.47 bits per heavy atom. The van der Waals surface area contributed by atoms with E-state index < -0.39 is 0 Å². The third kappa shape index (κ3) is 4.14. The van der Waals surface area contributed by atoms with E-state index in [1.807, 2.05) is 0 Å². The van der Waals surface area contributed by atoms with Gasteiger partial charge in [0, 0.05) is 6.04 Å². The number of rotatable bonds is 6. The van der Waals surface area contributed by atoms with Gasteiger partial charge in [0.1, 0.15) is 0 Å². The number of hydrogen-bond donors (Lipinski definition) is 2. The molecule has 2 unspecified atom stereocenters. The van der Waals surface area contributed by atoms with Gasteiger partial charge in [-0.05, 0) is 49.3 Å². The van der Waals surface area contributed by atoms with Crippen LogP contribution in [0.3, 0.4) is 0 Å². The van der Waals surface area contributed by atoms with Crippen LogP contribution < -0.4 is 11.3 Å². The van der Waals surface area contributed by atoms with Crippen molar-refractivity contribution in [3.63, 3.8) is 0 Å². The Labute approximate surface area is 106 Å². The van der Waals surface area contributed by atoms with E-state index in [9.17, 15) is 0 Å². The molecular formula is C15H26N2. The second-order valence-corrected chi connectivity index (χ2v) is 5.16. The van der Waals surface area contributed by atoms with Crippen LogP contribution in [0.15, 0.2) is 18.2 Å². The van der Waals surface area contributed by atoms with Gasteiger partial charge in [-0.2, -0.15) is 0 Å². The summed E-state index contributed by atoms with van der Waals surface area (Å²) in [4.78, 5) is 0. The summed E-state index contributed by atoms with van der Waals surface area (Å²) in [6, 6.07) is 7.06. The van der Waals surface area contributed by atoms with Crippen molar-refractivity contribution in [3.05, 3.63) is 34.9 Å². The first-order valence-corrected chi connectivity index (χ1v) is 6.60. The van der Waals surface area contributed by atoms with Crippen LogP contribution in [0.2, 0.25) is 0 Å². The topological polar surface area (TPSA) is 38.0 Å². The highest BCUT2D eigenvalue weighted by atomic mass is 15.2. The number of hydrogen-bond acceptors (Lipinski definition) is 2. The lowest BCUT2D eigenvalue weighted by Gasteiger charge is -2.23. The predicted octanol–water partition coefficient (Wildman–Crippen LogP) is 3.11. The first kappa shape index (κ1) is 14.2. The Hall–Kier alpha value is -0.860. The molecule has 1 aromatic rings. The second-order valence-electron chi connectivity index (χ2n) is 5.16. The smallest absolute Gasteiger partial charge is 0.0276 e. The molecule has 0 amide bonds. The molecule has 1 aromatic carbocycles. The van der Waals surface area contributed by atoms with Crippen molar-refractivity contribution in [3.8, 4) is 0 Å². The average molecular weight is 234 g/mol. The van der Waals surface area contributed by atoms with Crippen molar-refractivity contribution >= 4 is 0 Å². The molecular weight excluding hydrogens is 208 g/mol. The number of aryl methyl sites for hydroxylation is 2. The van der Waals surface area contributed by atoms with Crippen LogP contribution >= 0.6 is 0 Å². The van der Waals surface area contributed by atoms with Crippen LogP contribution in [0.4, 0.5) is 0 Å². The van der Waals surface area contributed by atoms with Gasteiger partial charge in [-0.15, -0.1) is 0 Å². The zero-order chi connectivity index (χ0) is 12.8. The van der Waals surface area contributed by atoms with Crippen molar-refractivity contribution in [1.82, 2.24) is 5.43 Å². The van der Waals surface area contributed by atoms with Gasteiger partial charge in [-0.3, -0.25) is 11.3 Å².